The smallest absolute Gasteiger partial charge is 0.306 e. The highest BCUT2D eigenvalue weighted by Gasteiger charge is 2.35. The average Bonchev–Trinajstić information content (AvgIpc) is 2.41. The molecule has 1 amide bonds. The zero-order valence-electron chi connectivity index (χ0n) is 8.92. The van der Waals surface area contributed by atoms with Crippen LogP contribution in [-0.4, -0.2) is 24.8 Å². The number of amides is 1. The van der Waals surface area contributed by atoms with E-state index in [9.17, 15) is 14.4 Å². The normalized spacial score (nSPS) is 20.2. The van der Waals surface area contributed by atoms with Gasteiger partial charge >= 0.3 is 5.97 Å². The summed E-state index contributed by atoms with van der Waals surface area (Å²) in [6, 6.07) is 0. The molecule has 1 N–H and O–H groups in total. The molecular formula is C10H13NO4. The van der Waals surface area contributed by atoms with Gasteiger partial charge in [-0.3, -0.25) is 14.4 Å². The Balaban J connectivity index is 2.91. The Morgan fingerprint density at radius 2 is 2.07 bits per heavy atom. The summed E-state index contributed by atoms with van der Waals surface area (Å²) in [5.74, 6) is -1.71. The van der Waals surface area contributed by atoms with Crippen LogP contribution >= 0.6 is 0 Å². The van der Waals surface area contributed by atoms with Crippen molar-refractivity contribution in [3.05, 3.63) is 11.3 Å². The molecule has 1 unspecified atom stereocenters. The molecule has 0 aliphatic carbocycles. The molecule has 0 bridgehead atoms. The summed E-state index contributed by atoms with van der Waals surface area (Å²) in [4.78, 5) is 33.8. The molecular weight excluding hydrogens is 198 g/mol. The SMILES string of the molecule is COC(=O)CC1C(=O)NC(C)=C1C(C)=O. The van der Waals surface area contributed by atoms with Crippen molar-refractivity contribution in [3.8, 4) is 0 Å². The summed E-state index contributed by atoms with van der Waals surface area (Å²) in [5.41, 5.74) is 0.909. The minimum absolute atomic E-state index is 0.0887. The van der Waals surface area contributed by atoms with Crippen LogP contribution in [0.2, 0.25) is 0 Å². The number of carbonyl (C=O) groups excluding carboxylic acids is 3. The van der Waals surface area contributed by atoms with E-state index in [2.05, 4.69) is 10.1 Å². The van der Waals surface area contributed by atoms with Gasteiger partial charge in [-0.05, 0) is 13.8 Å². The van der Waals surface area contributed by atoms with Gasteiger partial charge in [0.05, 0.1) is 19.4 Å². The first-order valence-electron chi connectivity index (χ1n) is 4.56. The predicted molar refractivity (Wildman–Crippen MR) is 51.6 cm³/mol. The standard InChI is InChI=1S/C10H13NO4/c1-5-9(6(2)12)7(10(14)11-5)4-8(13)15-3/h7H,4H2,1-3H3,(H,11,14). The first-order chi connectivity index (χ1) is 6.97. The van der Waals surface area contributed by atoms with Crippen LogP contribution < -0.4 is 5.32 Å². The molecule has 0 radical (unpaired) electrons. The number of hydrogen-bond acceptors (Lipinski definition) is 4. The molecule has 0 fully saturated rings. The van der Waals surface area contributed by atoms with Gasteiger partial charge in [0, 0.05) is 11.3 Å². The molecule has 15 heavy (non-hydrogen) atoms. The lowest BCUT2D eigenvalue weighted by Gasteiger charge is -2.08. The summed E-state index contributed by atoms with van der Waals surface area (Å²) in [6.07, 6.45) is -0.0887. The maximum atomic E-state index is 11.4. The molecule has 1 heterocycles. The van der Waals surface area contributed by atoms with Crippen LogP contribution in [0.15, 0.2) is 11.3 Å². The fourth-order valence-electron chi connectivity index (χ4n) is 1.69. The number of hydrogen-bond donors (Lipinski definition) is 1. The van der Waals surface area contributed by atoms with Gasteiger partial charge in [-0.25, -0.2) is 0 Å². The van der Waals surface area contributed by atoms with E-state index in [1.54, 1.807) is 6.92 Å². The van der Waals surface area contributed by atoms with Crippen LogP contribution in [0.3, 0.4) is 0 Å². The number of nitrogens with one attached hydrogen (secondary N) is 1. The highest BCUT2D eigenvalue weighted by atomic mass is 16.5. The van der Waals surface area contributed by atoms with Crippen molar-refractivity contribution in [1.82, 2.24) is 5.32 Å². The number of methoxy groups -OCH3 is 1. The largest absolute Gasteiger partial charge is 0.469 e. The second-order valence-electron chi connectivity index (χ2n) is 3.42. The van der Waals surface area contributed by atoms with E-state index < -0.39 is 11.9 Å². The summed E-state index contributed by atoms with van der Waals surface area (Å²) in [7, 11) is 1.25. The lowest BCUT2D eigenvalue weighted by molar-refractivity contribution is -0.143. The van der Waals surface area contributed by atoms with E-state index in [0.29, 0.717) is 11.3 Å². The van der Waals surface area contributed by atoms with Crippen molar-refractivity contribution < 1.29 is 19.1 Å². The maximum absolute atomic E-state index is 11.4. The Labute approximate surface area is 87.5 Å². The van der Waals surface area contributed by atoms with Gasteiger partial charge in [0.25, 0.3) is 0 Å². The van der Waals surface area contributed by atoms with Crippen molar-refractivity contribution in [1.29, 1.82) is 0 Å². The van der Waals surface area contributed by atoms with Crippen molar-refractivity contribution in [2.45, 2.75) is 20.3 Å². The van der Waals surface area contributed by atoms with Gasteiger partial charge in [0.2, 0.25) is 5.91 Å². The molecule has 1 rings (SSSR count). The first-order valence-corrected chi connectivity index (χ1v) is 4.56. The minimum atomic E-state index is -0.699. The molecule has 0 aromatic heterocycles. The zero-order chi connectivity index (χ0) is 11.6. The number of Topliss-reactive ketones (excluding diaryl/α,β-unsaturated/α-hetero) is 1. The van der Waals surface area contributed by atoms with E-state index in [4.69, 9.17) is 0 Å². The Hall–Kier alpha value is -1.65. The molecule has 1 aliphatic rings. The fraction of sp³-hybridized carbons (Fsp3) is 0.500. The van der Waals surface area contributed by atoms with Gasteiger partial charge in [-0.1, -0.05) is 0 Å². The molecule has 1 atom stereocenters. The molecule has 5 nitrogen and oxygen atoms in total. The third-order valence-corrected chi connectivity index (χ3v) is 2.36. The van der Waals surface area contributed by atoms with E-state index >= 15 is 0 Å². The Morgan fingerprint density at radius 3 is 2.53 bits per heavy atom. The summed E-state index contributed by atoms with van der Waals surface area (Å²) in [6.45, 7) is 3.02. The summed E-state index contributed by atoms with van der Waals surface area (Å²) < 4.78 is 4.47. The quantitative estimate of drug-likeness (QED) is 0.675. The molecule has 0 saturated heterocycles. The van der Waals surface area contributed by atoms with Gasteiger partial charge < -0.3 is 10.1 Å². The summed E-state index contributed by atoms with van der Waals surface area (Å²) >= 11 is 0. The van der Waals surface area contributed by atoms with Crippen molar-refractivity contribution in [3.63, 3.8) is 0 Å². The number of ketones is 1. The number of ether oxygens (including phenoxy) is 1. The molecule has 82 valence electrons. The zero-order valence-corrected chi connectivity index (χ0v) is 8.92. The Bertz CT molecular complexity index is 356. The number of esters is 1. The maximum Gasteiger partial charge on any atom is 0.306 e. The third-order valence-electron chi connectivity index (χ3n) is 2.36. The van der Waals surface area contributed by atoms with Gasteiger partial charge in [0.15, 0.2) is 5.78 Å². The second-order valence-corrected chi connectivity index (χ2v) is 3.42. The lowest BCUT2D eigenvalue weighted by atomic mass is 9.94. The van der Waals surface area contributed by atoms with Crippen LogP contribution in [0.4, 0.5) is 0 Å². The number of carbonyl (C=O) groups is 3. The first kappa shape index (κ1) is 11.4. The highest BCUT2D eigenvalue weighted by Crippen LogP contribution is 2.25. The fourth-order valence-corrected chi connectivity index (χ4v) is 1.69. The minimum Gasteiger partial charge on any atom is -0.469 e. The third kappa shape index (κ3) is 2.23. The topological polar surface area (TPSA) is 72.5 Å². The van der Waals surface area contributed by atoms with E-state index in [1.807, 2.05) is 0 Å². The average molecular weight is 211 g/mol. The number of allylic oxidation sites excluding steroid dienone is 1. The van der Waals surface area contributed by atoms with Crippen molar-refractivity contribution in [2.75, 3.05) is 7.11 Å². The predicted octanol–water partition coefficient (Wildman–Crippen LogP) is 0.159. The van der Waals surface area contributed by atoms with Gasteiger partial charge in [-0.2, -0.15) is 0 Å². The molecule has 0 spiro atoms. The van der Waals surface area contributed by atoms with Crippen LogP contribution in [0, 0.1) is 5.92 Å². The van der Waals surface area contributed by atoms with E-state index in [-0.39, 0.29) is 18.1 Å². The molecule has 0 saturated carbocycles. The molecule has 0 aromatic rings. The Kier molecular flexibility index (Phi) is 3.24. The molecule has 0 aromatic carbocycles. The highest BCUT2D eigenvalue weighted by molar-refractivity contribution is 6.05. The lowest BCUT2D eigenvalue weighted by Crippen LogP contribution is -2.25. The van der Waals surface area contributed by atoms with Gasteiger partial charge in [0.1, 0.15) is 0 Å². The second kappa shape index (κ2) is 4.25. The van der Waals surface area contributed by atoms with Crippen molar-refractivity contribution in [2.24, 2.45) is 5.92 Å². The molecule has 1 aliphatic heterocycles. The van der Waals surface area contributed by atoms with Crippen molar-refractivity contribution >= 4 is 17.7 Å². The van der Waals surface area contributed by atoms with E-state index in [1.165, 1.54) is 14.0 Å². The monoisotopic (exact) mass is 211 g/mol. The van der Waals surface area contributed by atoms with Crippen LogP contribution in [0.25, 0.3) is 0 Å². The van der Waals surface area contributed by atoms with Crippen LogP contribution in [0.1, 0.15) is 20.3 Å². The van der Waals surface area contributed by atoms with Gasteiger partial charge in [-0.15, -0.1) is 0 Å². The van der Waals surface area contributed by atoms with E-state index in [0.717, 1.165) is 0 Å². The molecule has 5 heteroatoms. The summed E-state index contributed by atoms with van der Waals surface area (Å²) in [5, 5.41) is 2.54. The van der Waals surface area contributed by atoms with Crippen LogP contribution in [0.5, 0.6) is 0 Å². The Morgan fingerprint density at radius 1 is 1.47 bits per heavy atom. The van der Waals surface area contributed by atoms with Crippen LogP contribution in [-0.2, 0) is 19.1 Å². The number of rotatable bonds is 3.